The molecular formula is C13H10F2O. The number of hydrogen-bond donors (Lipinski definition) is 0. The second-order valence-corrected chi connectivity index (χ2v) is 3.42. The summed E-state index contributed by atoms with van der Waals surface area (Å²) in [5.74, 6) is -1.31. The maximum Gasteiger partial charge on any atom is 0.198 e. The molecule has 0 fully saturated rings. The van der Waals surface area contributed by atoms with Crippen molar-refractivity contribution in [3.05, 3.63) is 59.7 Å². The first kappa shape index (κ1) is 10.6. The van der Waals surface area contributed by atoms with Gasteiger partial charge in [-0.25, -0.2) is 8.78 Å². The quantitative estimate of drug-likeness (QED) is 0.741. The topological polar surface area (TPSA) is 9.23 Å². The third-order valence-electron chi connectivity index (χ3n) is 2.21. The lowest BCUT2D eigenvalue weighted by atomic mass is 10.2. The molecule has 16 heavy (non-hydrogen) atoms. The van der Waals surface area contributed by atoms with Crippen LogP contribution in [-0.4, -0.2) is 0 Å². The molecule has 0 aliphatic heterocycles. The van der Waals surface area contributed by atoms with Gasteiger partial charge in [-0.05, 0) is 30.7 Å². The second kappa shape index (κ2) is 4.31. The molecule has 0 spiro atoms. The zero-order chi connectivity index (χ0) is 11.5. The van der Waals surface area contributed by atoms with E-state index < -0.39 is 11.6 Å². The Morgan fingerprint density at radius 1 is 0.938 bits per heavy atom. The first-order chi connectivity index (χ1) is 7.68. The molecule has 2 aromatic carbocycles. The molecule has 0 heterocycles. The van der Waals surface area contributed by atoms with Gasteiger partial charge in [-0.2, -0.15) is 0 Å². The van der Waals surface area contributed by atoms with Crippen molar-refractivity contribution in [2.24, 2.45) is 0 Å². The van der Waals surface area contributed by atoms with E-state index in [1.807, 2.05) is 0 Å². The van der Waals surface area contributed by atoms with Gasteiger partial charge < -0.3 is 4.74 Å². The summed E-state index contributed by atoms with van der Waals surface area (Å²) in [5, 5.41) is 0. The van der Waals surface area contributed by atoms with E-state index in [2.05, 4.69) is 0 Å². The van der Waals surface area contributed by atoms with Crippen molar-refractivity contribution in [3.8, 4) is 11.5 Å². The van der Waals surface area contributed by atoms with Crippen LogP contribution in [0.2, 0.25) is 0 Å². The summed E-state index contributed by atoms with van der Waals surface area (Å²) < 4.78 is 32.1. The summed E-state index contributed by atoms with van der Waals surface area (Å²) in [6, 6.07) is 11.1. The minimum absolute atomic E-state index is 0.354. The molecule has 0 aromatic heterocycles. The minimum Gasteiger partial charge on any atom is -0.451 e. The highest BCUT2D eigenvalue weighted by atomic mass is 19.1. The van der Waals surface area contributed by atoms with Crippen LogP contribution in [0.15, 0.2) is 42.5 Å². The molecule has 0 aliphatic rings. The Hall–Kier alpha value is -1.90. The average Bonchev–Trinajstić information content (AvgIpc) is 2.31. The molecule has 82 valence electrons. The Kier molecular flexibility index (Phi) is 2.86. The second-order valence-electron chi connectivity index (χ2n) is 3.42. The fourth-order valence-corrected chi connectivity index (χ4v) is 1.33. The van der Waals surface area contributed by atoms with Crippen LogP contribution >= 0.6 is 0 Å². The number of halogens is 2. The Morgan fingerprint density at radius 2 is 1.62 bits per heavy atom. The van der Waals surface area contributed by atoms with E-state index in [9.17, 15) is 8.78 Å². The molecule has 0 aliphatic carbocycles. The third kappa shape index (κ3) is 2.03. The molecule has 0 unspecified atom stereocenters. The smallest absolute Gasteiger partial charge is 0.198 e. The molecule has 2 rings (SSSR count). The van der Waals surface area contributed by atoms with E-state index in [0.717, 1.165) is 0 Å². The molecular weight excluding hydrogens is 210 g/mol. The third-order valence-corrected chi connectivity index (χ3v) is 2.21. The van der Waals surface area contributed by atoms with E-state index >= 15 is 0 Å². The van der Waals surface area contributed by atoms with Gasteiger partial charge in [0.2, 0.25) is 0 Å². The van der Waals surface area contributed by atoms with Gasteiger partial charge in [-0.1, -0.05) is 24.3 Å². The first-order valence-corrected chi connectivity index (χ1v) is 4.86. The van der Waals surface area contributed by atoms with Crippen LogP contribution in [0.25, 0.3) is 0 Å². The molecule has 2 aromatic rings. The summed E-state index contributed by atoms with van der Waals surface area (Å²) in [6.45, 7) is 1.56. The van der Waals surface area contributed by atoms with Crippen molar-refractivity contribution < 1.29 is 13.5 Å². The molecule has 0 N–H and O–H groups in total. The van der Waals surface area contributed by atoms with Gasteiger partial charge in [0, 0.05) is 0 Å². The monoisotopic (exact) mass is 220 g/mol. The van der Waals surface area contributed by atoms with Crippen LogP contribution in [0.5, 0.6) is 11.5 Å². The van der Waals surface area contributed by atoms with Gasteiger partial charge in [0.05, 0.1) is 0 Å². The number of ether oxygens (including phenoxy) is 1. The van der Waals surface area contributed by atoms with Crippen molar-refractivity contribution >= 4 is 0 Å². The van der Waals surface area contributed by atoms with Crippen molar-refractivity contribution in [2.75, 3.05) is 0 Å². The first-order valence-electron chi connectivity index (χ1n) is 4.86. The van der Waals surface area contributed by atoms with E-state index in [1.165, 1.54) is 12.1 Å². The Bertz CT molecular complexity index is 495. The zero-order valence-electron chi connectivity index (χ0n) is 8.71. The molecule has 0 radical (unpaired) electrons. The predicted molar refractivity (Wildman–Crippen MR) is 57.6 cm³/mol. The molecule has 0 saturated carbocycles. The fourth-order valence-electron chi connectivity index (χ4n) is 1.33. The summed E-state index contributed by atoms with van der Waals surface area (Å²) in [6.07, 6.45) is 0. The van der Waals surface area contributed by atoms with Crippen LogP contribution in [0.4, 0.5) is 8.78 Å². The maximum atomic E-state index is 13.6. The van der Waals surface area contributed by atoms with Gasteiger partial charge in [-0.15, -0.1) is 0 Å². The lowest BCUT2D eigenvalue weighted by Gasteiger charge is -2.08. The molecule has 1 nitrogen and oxygen atoms in total. The van der Waals surface area contributed by atoms with Crippen LogP contribution in [0.1, 0.15) is 5.56 Å². The number of aryl methyl sites for hydroxylation is 1. The van der Waals surface area contributed by atoms with Crippen LogP contribution in [0.3, 0.4) is 0 Å². The molecule has 0 atom stereocenters. The number of para-hydroxylation sites is 1. The van der Waals surface area contributed by atoms with Crippen LogP contribution in [0, 0.1) is 18.6 Å². The number of benzene rings is 2. The highest BCUT2D eigenvalue weighted by Crippen LogP contribution is 2.28. The highest BCUT2D eigenvalue weighted by molar-refractivity contribution is 5.36. The van der Waals surface area contributed by atoms with Crippen molar-refractivity contribution in [3.63, 3.8) is 0 Å². The summed E-state index contributed by atoms with van der Waals surface area (Å²) >= 11 is 0. The Labute approximate surface area is 92.3 Å². The Morgan fingerprint density at radius 3 is 2.31 bits per heavy atom. The molecule has 0 amide bonds. The summed E-state index contributed by atoms with van der Waals surface area (Å²) in [5.41, 5.74) is 0.354. The molecule has 0 bridgehead atoms. The minimum atomic E-state index is -0.702. The van der Waals surface area contributed by atoms with Crippen molar-refractivity contribution in [1.82, 2.24) is 0 Å². The molecule has 3 heteroatoms. The Balaban J connectivity index is 2.38. The highest BCUT2D eigenvalue weighted by Gasteiger charge is 2.13. The van der Waals surface area contributed by atoms with Crippen molar-refractivity contribution in [1.29, 1.82) is 0 Å². The normalized spacial score (nSPS) is 10.2. The molecule has 0 saturated heterocycles. The van der Waals surface area contributed by atoms with Gasteiger partial charge in [0.15, 0.2) is 17.4 Å². The standard InChI is InChI=1S/C13H10F2O/c1-9-7-8-11(14)13(12(9)15)16-10-5-3-2-4-6-10/h2-8H,1H3. The fraction of sp³-hybridized carbons (Fsp3) is 0.0769. The van der Waals surface area contributed by atoms with Crippen LogP contribution < -0.4 is 4.74 Å². The van der Waals surface area contributed by atoms with E-state index in [-0.39, 0.29) is 5.75 Å². The predicted octanol–water partition coefficient (Wildman–Crippen LogP) is 4.07. The van der Waals surface area contributed by atoms with Gasteiger partial charge in [0.25, 0.3) is 0 Å². The van der Waals surface area contributed by atoms with Crippen LogP contribution in [-0.2, 0) is 0 Å². The zero-order valence-corrected chi connectivity index (χ0v) is 8.71. The summed E-state index contributed by atoms with van der Waals surface area (Å²) in [4.78, 5) is 0. The number of rotatable bonds is 2. The van der Waals surface area contributed by atoms with Gasteiger partial charge >= 0.3 is 0 Å². The van der Waals surface area contributed by atoms with Gasteiger partial charge in [-0.3, -0.25) is 0 Å². The van der Waals surface area contributed by atoms with Gasteiger partial charge in [0.1, 0.15) is 5.75 Å². The lowest BCUT2D eigenvalue weighted by Crippen LogP contribution is -1.94. The van der Waals surface area contributed by atoms with Crippen molar-refractivity contribution in [2.45, 2.75) is 6.92 Å². The lowest BCUT2D eigenvalue weighted by molar-refractivity contribution is 0.405. The average molecular weight is 220 g/mol. The largest absolute Gasteiger partial charge is 0.451 e. The van der Waals surface area contributed by atoms with E-state index in [0.29, 0.717) is 11.3 Å². The van der Waals surface area contributed by atoms with E-state index in [1.54, 1.807) is 37.3 Å². The van der Waals surface area contributed by atoms with E-state index in [4.69, 9.17) is 4.74 Å². The SMILES string of the molecule is Cc1ccc(F)c(Oc2ccccc2)c1F. The summed E-state index contributed by atoms with van der Waals surface area (Å²) in [7, 11) is 0. The maximum absolute atomic E-state index is 13.6. The number of hydrogen-bond acceptors (Lipinski definition) is 1.